The summed E-state index contributed by atoms with van der Waals surface area (Å²) >= 11 is 0. The van der Waals surface area contributed by atoms with Gasteiger partial charge in [-0.15, -0.1) is 65.2 Å². The molecule has 0 spiro atoms. The van der Waals surface area contributed by atoms with E-state index in [0.29, 0.717) is 11.3 Å². The summed E-state index contributed by atoms with van der Waals surface area (Å²) in [5.74, 6) is -0.0625. The molecule has 0 saturated heterocycles. The number of nitrogens with zero attached hydrogens (tertiary/aromatic N) is 5. The van der Waals surface area contributed by atoms with Crippen LogP contribution in [-0.4, -0.2) is 25.8 Å². The van der Waals surface area contributed by atoms with Crippen LogP contribution in [0.5, 0.6) is 0 Å². The Hall–Kier alpha value is -8.72. The van der Waals surface area contributed by atoms with Crippen LogP contribution < -0.4 is 9.47 Å². The van der Waals surface area contributed by atoms with Crippen LogP contribution in [0.4, 0.5) is 30.2 Å². The number of anilines is 3. The molecule has 0 unspecified atom stereocenters. The molecule has 0 aliphatic carbocycles. The Kier molecular flexibility index (Phi) is 24.0. The topological polar surface area (TPSA) is 83.1 Å². The third-order valence-corrected chi connectivity index (χ3v) is 14.6. The number of ketones is 1. The zero-order chi connectivity index (χ0) is 62.0. The fourth-order valence-corrected chi connectivity index (χ4v) is 10.00. The molecule has 0 atom stereocenters. The number of rotatable bonds is 8. The minimum absolute atomic E-state index is 0. The van der Waals surface area contributed by atoms with E-state index in [9.17, 15) is 18.0 Å². The number of hydrogen-bond acceptors (Lipinski definition) is 6. The molecule has 5 heterocycles. The van der Waals surface area contributed by atoms with E-state index in [4.69, 9.17) is 15.1 Å². The fraction of sp³-hybridized carbons (Fsp3) is 0.167. The number of aromatic nitrogens is 4. The van der Waals surface area contributed by atoms with Gasteiger partial charge in [0.25, 0.3) is 0 Å². The van der Waals surface area contributed by atoms with E-state index in [1.54, 1.807) is 6.07 Å². The van der Waals surface area contributed by atoms with Crippen molar-refractivity contribution in [2.24, 2.45) is 0 Å². The van der Waals surface area contributed by atoms with E-state index in [-0.39, 0.29) is 71.0 Å². The average molecular weight is 1560 g/mol. The number of halogens is 3. The van der Waals surface area contributed by atoms with Gasteiger partial charge in [0.2, 0.25) is 5.69 Å². The smallest absolute Gasteiger partial charge is 0.512 e. The van der Waals surface area contributed by atoms with Crippen LogP contribution in [0.3, 0.4) is 0 Å². The van der Waals surface area contributed by atoms with Crippen LogP contribution in [0, 0.1) is 19.9 Å². The third-order valence-electron chi connectivity index (χ3n) is 14.6. The Morgan fingerprint density at radius 2 is 1.02 bits per heavy atom. The van der Waals surface area contributed by atoms with E-state index in [1.165, 1.54) is 59.6 Å². The summed E-state index contributed by atoms with van der Waals surface area (Å²) in [4.78, 5) is 27.0. The zero-order valence-electron chi connectivity index (χ0n) is 51.0. The Labute approximate surface area is 557 Å². The van der Waals surface area contributed by atoms with Crippen molar-refractivity contribution in [3.8, 4) is 56.4 Å². The van der Waals surface area contributed by atoms with Gasteiger partial charge in [0.1, 0.15) is 0 Å². The van der Waals surface area contributed by atoms with Gasteiger partial charge in [-0.05, 0) is 113 Å². The second-order valence-electron chi connectivity index (χ2n) is 23.4. The van der Waals surface area contributed by atoms with E-state index >= 15 is 0 Å². The molecular formula is C78H74F3IrN5O2Pt. The van der Waals surface area contributed by atoms with Gasteiger partial charge in [0.15, 0.2) is 18.5 Å². The number of carbonyl (C=O) groups is 1. The van der Waals surface area contributed by atoms with Crippen LogP contribution in [0.1, 0.15) is 96.2 Å². The van der Waals surface area contributed by atoms with Gasteiger partial charge >= 0.3 is 27.2 Å². The molecule has 11 aromatic rings. The van der Waals surface area contributed by atoms with Gasteiger partial charge in [-0.1, -0.05) is 146 Å². The van der Waals surface area contributed by atoms with E-state index < -0.39 is 11.7 Å². The first-order chi connectivity index (χ1) is 41.5. The Bertz CT molecular complexity index is 4090. The van der Waals surface area contributed by atoms with Gasteiger partial charge in [0.05, 0.1) is 33.9 Å². The summed E-state index contributed by atoms with van der Waals surface area (Å²) in [6, 6.07) is 76.6. The van der Waals surface area contributed by atoms with Gasteiger partial charge < -0.3 is 10.0 Å². The molecule has 0 fully saturated rings. The molecule has 0 bridgehead atoms. The predicted octanol–water partition coefficient (Wildman–Crippen LogP) is 20.3. The molecule has 7 nitrogen and oxygen atoms in total. The number of aliphatic hydroxyl groups excluding tert-OH is 1. The Morgan fingerprint density at radius 1 is 0.544 bits per heavy atom. The number of benzene rings is 7. The van der Waals surface area contributed by atoms with Crippen molar-refractivity contribution >= 4 is 33.7 Å². The summed E-state index contributed by atoms with van der Waals surface area (Å²) in [7, 11) is 0. The molecule has 1 aliphatic heterocycles. The number of alkyl halides is 3. The van der Waals surface area contributed by atoms with Crippen molar-refractivity contribution in [3.05, 3.63) is 296 Å². The normalized spacial score (nSPS) is 11.4. The zero-order valence-corrected chi connectivity index (χ0v) is 55.7. The Balaban J connectivity index is 0.000000206. The summed E-state index contributed by atoms with van der Waals surface area (Å²) < 4.78 is 39.8. The number of aliphatic hydroxyl groups is 1. The minimum atomic E-state index is -4.34. The number of fused-ring (bicyclic) bond motifs is 4. The fourth-order valence-electron chi connectivity index (χ4n) is 10.00. The summed E-state index contributed by atoms with van der Waals surface area (Å²) in [6.45, 7) is 25.7. The van der Waals surface area contributed by atoms with Crippen molar-refractivity contribution in [1.82, 2.24) is 15.0 Å². The minimum Gasteiger partial charge on any atom is -0.512 e. The number of allylic oxidation sites excluding steroid dienone is 2. The standard InChI is InChI=1S/C32H34N2.C24H19N2.C16H9F3N.C5H8O2.CH4.Ir.Pt/c1-21-13-9-11-15-25(21)27-17-23(31(3,4)5)19-29(33-27)30-20-24(32(6,7)8)18-28(34-30)26-16-12-10-14-22(26)2;1-3-10-20(11-4-1)26(21-12-5-2-6-13-21)22-15-16-25-18-19-9-7-8-14-23(19)24(25)17-22;17-16(18,19)13-8-5-12(6-9-13)15-10-7-11-3-1-2-4-14(11)20-15;1-4(6)3-5(2)7;;;/h9-20H,1-2H2,3-8H3;1-17H,18H2;1-5,7-10H;3,6H,1-2H3;1H4;;/q-2;+1;-1;;;;+2. The molecule has 4 aromatic heterocycles. The van der Waals surface area contributed by atoms with Crippen LogP contribution in [0.15, 0.2) is 242 Å². The first-order valence-electron chi connectivity index (χ1n) is 28.7. The molecule has 0 amide bonds. The number of pyridine rings is 4. The number of para-hydroxylation sites is 3. The third kappa shape index (κ3) is 17.8. The first-order valence-corrected chi connectivity index (χ1v) is 28.7. The van der Waals surface area contributed by atoms with Crippen LogP contribution in [-0.2, 0) is 69.5 Å². The maximum Gasteiger partial charge on any atom is 2.00 e. The molecule has 12 heteroatoms. The molecule has 1 N–H and O–H groups in total. The van der Waals surface area contributed by atoms with E-state index in [2.05, 4.69) is 216 Å². The maximum atomic E-state index is 12.5. The van der Waals surface area contributed by atoms with Crippen molar-refractivity contribution < 1.29 is 68.8 Å². The summed E-state index contributed by atoms with van der Waals surface area (Å²) in [6.07, 6.45) is -0.977. The van der Waals surface area contributed by atoms with Crippen molar-refractivity contribution in [3.63, 3.8) is 0 Å². The van der Waals surface area contributed by atoms with Crippen LogP contribution in [0.25, 0.3) is 67.3 Å². The molecule has 7 aromatic carbocycles. The van der Waals surface area contributed by atoms with Crippen LogP contribution >= 0.6 is 0 Å². The molecule has 1 aliphatic rings. The second kappa shape index (κ2) is 30.7. The predicted molar refractivity (Wildman–Crippen MR) is 355 cm³/mol. The quantitative estimate of drug-likeness (QED) is 0.0706. The summed E-state index contributed by atoms with van der Waals surface area (Å²) in [5, 5.41) is 9.35. The van der Waals surface area contributed by atoms with Gasteiger partial charge in [0, 0.05) is 66.6 Å². The van der Waals surface area contributed by atoms with E-state index in [1.807, 2.05) is 66.7 Å². The van der Waals surface area contributed by atoms with E-state index in [0.717, 1.165) is 86.0 Å². The molecule has 90 heavy (non-hydrogen) atoms. The first kappa shape index (κ1) is 70.4. The van der Waals surface area contributed by atoms with Gasteiger partial charge in [-0.2, -0.15) is 54.8 Å². The SMILES string of the molecule is C.CC(=O)C=C(C)O.FC(F)(F)c1c[c-]c(-c2ccc3ccccc3n2)cc1.[CH2-]c1ccccc1-c1cc(C(C)(C)C)cc(-c2cc(C(C)(C)C)cc(-c3ccccc3[CH2-])n2)n1.[Ir].[Pt+2].c1ccc(N(c2ccccc2)c2cc[n+]3c(c2)-c2ccccc2C3)cc1. The maximum absolute atomic E-state index is 12.5. The average Bonchev–Trinajstić information content (AvgIpc) is 1.45. The van der Waals surface area contributed by atoms with Crippen molar-refractivity contribution in [1.29, 1.82) is 0 Å². The molecule has 1 radical (unpaired) electrons. The molecular weight excluding hydrogens is 1480 g/mol. The van der Waals surface area contributed by atoms with Crippen LogP contribution in [0.2, 0.25) is 0 Å². The summed E-state index contributed by atoms with van der Waals surface area (Å²) in [5.41, 5.74) is 18.7. The monoisotopic (exact) mass is 1560 g/mol. The Morgan fingerprint density at radius 3 is 1.49 bits per heavy atom. The molecule has 0 saturated carbocycles. The number of carbonyl (C=O) groups excluding carboxylic acids is 1. The largest absolute Gasteiger partial charge is 2.00 e. The molecule has 463 valence electrons. The van der Waals surface area contributed by atoms with Gasteiger partial charge in [-0.25, -0.2) is 0 Å². The van der Waals surface area contributed by atoms with Crippen molar-refractivity contribution in [2.45, 2.75) is 86.4 Å². The van der Waals surface area contributed by atoms with Gasteiger partial charge in [-0.3, -0.25) is 19.7 Å². The second-order valence-corrected chi connectivity index (χ2v) is 23.4. The number of hydrogen-bond donors (Lipinski definition) is 1. The molecule has 12 rings (SSSR count). The van der Waals surface area contributed by atoms with Crippen molar-refractivity contribution in [2.75, 3.05) is 4.90 Å².